The van der Waals surface area contributed by atoms with Gasteiger partial charge in [-0.15, -0.1) is 0 Å². The van der Waals surface area contributed by atoms with Crippen molar-refractivity contribution in [2.24, 2.45) is 17.6 Å². The zero-order chi connectivity index (χ0) is 32.8. The second-order valence-electron chi connectivity index (χ2n) is 12.8. The third-order valence-corrected chi connectivity index (χ3v) is 9.74. The number of halogens is 2. The molecular formula is C30H38F2N4O8. The molecule has 1 aliphatic heterocycles. The number of rotatable bonds is 5. The molecule has 3 unspecified atom stereocenters. The minimum atomic E-state index is -3.01. The standard InChI is InChI=1S/C30H38F2N4O8/c1-12-15-14(34(2)3)10-13(11-36-8-6-29(31,32)7-9-36)22(37)17(15)23(38)18-16(12)24(39)20-21(35(4)5)25(40)19(28(33)43)27(42)30(20,44)26(18)41/h10,12,16,20-21,24,37-39,42,44H,6-9,11H2,1-5H3,(H2,33,43)/t12-,16?,20?,21-,24?,30-/m0/s1. The van der Waals surface area contributed by atoms with Crippen LogP contribution in [0.15, 0.2) is 23.0 Å². The number of Topliss-reactive ketones (excluding diaryl/α,β-unsaturated/α-hetero) is 2. The lowest BCUT2D eigenvalue weighted by Crippen LogP contribution is -2.70. The van der Waals surface area contributed by atoms with E-state index < -0.39 is 87.3 Å². The molecule has 1 saturated heterocycles. The maximum atomic E-state index is 14.2. The molecule has 12 nitrogen and oxygen atoms in total. The molecule has 44 heavy (non-hydrogen) atoms. The highest BCUT2D eigenvalue weighted by Gasteiger charge is 2.68. The summed E-state index contributed by atoms with van der Waals surface area (Å²) in [6, 6.07) is 0.222. The summed E-state index contributed by atoms with van der Waals surface area (Å²) < 4.78 is 27.6. The van der Waals surface area contributed by atoms with Crippen molar-refractivity contribution in [1.29, 1.82) is 0 Å². The summed E-state index contributed by atoms with van der Waals surface area (Å²) in [6.07, 6.45) is -2.40. The van der Waals surface area contributed by atoms with Crippen molar-refractivity contribution in [3.63, 3.8) is 0 Å². The number of carbonyl (C=O) groups is 3. The molecule has 240 valence electrons. The van der Waals surface area contributed by atoms with Crippen LogP contribution in [-0.4, -0.2) is 118 Å². The summed E-state index contributed by atoms with van der Waals surface area (Å²) in [7, 11) is 6.32. The molecule has 0 bridgehead atoms. The number of carbonyl (C=O) groups excluding carboxylic acids is 3. The predicted molar refractivity (Wildman–Crippen MR) is 154 cm³/mol. The SMILES string of the molecule is C[C@H]1c2c(N(C)C)cc(CN3CCC(F)(F)CC3)c(O)c2C(O)=C2C(=O)[C@]3(O)C(O)=C(C(N)=O)C(=O)[C@@H](N(C)C)C3C(O)C21. The molecule has 0 aromatic heterocycles. The number of hydrogen-bond acceptors (Lipinski definition) is 11. The summed E-state index contributed by atoms with van der Waals surface area (Å²) >= 11 is 0. The Kier molecular flexibility index (Phi) is 7.59. The number of fused-ring (bicyclic) bond motifs is 3. The van der Waals surface area contributed by atoms with E-state index >= 15 is 0 Å². The van der Waals surface area contributed by atoms with Crippen molar-refractivity contribution in [2.75, 3.05) is 46.2 Å². The smallest absolute Gasteiger partial charge is 0.255 e. The van der Waals surface area contributed by atoms with Crippen molar-refractivity contribution >= 4 is 28.9 Å². The van der Waals surface area contributed by atoms with E-state index in [4.69, 9.17) is 5.73 Å². The van der Waals surface area contributed by atoms with Crippen LogP contribution in [-0.2, 0) is 20.9 Å². The summed E-state index contributed by atoms with van der Waals surface area (Å²) in [5.74, 6) is -12.5. The highest BCUT2D eigenvalue weighted by atomic mass is 19.3. The Morgan fingerprint density at radius 3 is 2.23 bits per heavy atom. The second-order valence-corrected chi connectivity index (χ2v) is 12.8. The van der Waals surface area contributed by atoms with Crippen LogP contribution in [0.3, 0.4) is 0 Å². The van der Waals surface area contributed by atoms with Crippen LogP contribution in [0, 0.1) is 11.8 Å². The molecule has 2 fully saturated rings. The lowest BCUT2D eigenvalue weighted by molar-refractivity contribution is -0.169. The third-order valence-electron chi connectivity index (χ3n) is 9.74. The lowest BCUT2D eigenvalue weighted by atomic mass is 9.54. The number of amides is 1. The first-order chi connectivity index (χ1) is 20.4. The number of benzene rings is 1. The first kappa shape index (κ1) is 31.8. The van der Waals surface area contributed by atoms with Crippen LogP contribution in [0.5, 0.6) is 5.75 Å². The normalized spacial score (nSPS) is 32.0. The van der Waals surface area contributed by atoms with Gasteiger partial charge in [0, 0.05) is 69.3 Å². The third kappa shape index (κ3) is 4.41. The molecule has 4 aliphatic rings. The molecule has 6 atom stereocenters. The Labute approximate surface area is 252 Å². The number of likely N-dealkylation sites (tertiary alicyclic amines) is 1. The van der Waals surface area contributed by atoms with Gasteiger partial charge in [0.1, 0.15) is 22.8 Å². The fourth-order valence-electron chi connectivity index (χ4n) is 7.57. The summed E-state index contributed by atoms with van der Waals surface area (Å²) in [5.41, 5.74) is 1.94. The molecule has 1 saturated carbocycles. The Morgan fingerprint density at radius 2 is 1.70 bits per heavy atom. The van der Waals surface area contributed by atoms with E-state index in [1.165, 1.54) is 19.0 Å². The summed E-state index contributed by atoms with van der Waals surface area (Å²) in [6.45, 7) is 1.88. The zero-order valence-electron chi connectivity index (χ0n) is 25.1. The van der Waals surface area contributed by atoms with Gasteiger partial charge in [0.05, 0.1) is 23.6 Å². The lowest BCUT2D eigenvalue weighted by Gasteiger charge is -2.54. The average Bonchev–Trinajstić information content (AvgIpc) is 2.92. The minimum absolute atomic E-state index is 0.0666. The number of nitrogens with two attached hydrogens (primary N) is 1. The van der Waals surface area contributed by atoms with Gasteiger partial charge in [0.15, 0.2) is 11.4 Å². The van der Waals surface area contributed by atoms with E-state index in [1.807, 2.05) is 0 Å². The van der Waals surface area contributed by atoms with Gasteiger partial charge in [-0.25, -0.2) is 8.78 Å². The molecule has 1 aromatic carbocycles. The first-order valence-corrected chi connectivity index (χ1v) is 14.4. The Hall–Kier alpha value is -3.59. The number of likely N-dealkylation sites (N-methyl/N-ethyl adjacent to an activating group) is 1. The van der Waals surface area contributed by atoms with Gasteiger partial charge in [-0.1, -0.05) is 6.92 Å². The van der Waals surface area contributed by atoms with Crippen LogP contribution in [0.1, 0.15) is 42.4 Å². The molecule has 14 heteroatoms. The number of nitrogens with zero attached hydrogens (tertiary/aromatic N) is 3. The van der Waals surface area contributed by atoms with Crippen molar-refractivity contribution in [1.82, 2.24) is 9.80 Å². The molecule has 1 aromatic rings. The van der Waals surface area contributed by atoms with Gasteiger partial charge in [0.2, 0.25) is 5.78 Å². The van der Waals surface area contributed by atoms with Crippen LogP contribution in [0.2, 0.25) is 0 Å². The van der Waals surface area contributed by atoms with Crippen molar-refractivity contribution in [2.45, 2.75) is 55.9 Å². The summed E-state index contributed by atoms with van der Waals surface area (Å²) in [4.78, 5) is 44.6. The molecular weight excluding hydrogens is 582 g/mol. The van der Waals surface area contributed by atoms with Crippen LogP contribution >= 0.6 is 0 Å². The number of anilines is 1. The molecule has 1 amide bonds. The molecule has 5 rings (SSSR count). The maximum absolute atomic E-state index is 14.2. The monoisotopic (exact) mass is 620 g/mol. The Bertz CT molecular complexity index is 1510. The minimum Gasteiger partial charge on any atom is -0.508 e. The number of phenols is 1. The number of piperidine rings is 1. The fraction of sp³-hybridized carbons (Fsp3) is 0.567. The van der Waals surface area contributed by atoms with E-state index in [0.29, 0.717) is 16.8 Å². The van der Waals surface area contributed by atoms with Crippen LogP contribution in [0.4, 0.5) is 14.5 Å². The van der Waals surface area contributed by atoms with Gasteiger partial charge in [-0.2, -0.15) is 0 Å². The van der Waals surface area contributed by atoms with Gasteiger partial charge in [0.25, 0.3) is 11.8 Å². The Morgan fingerprint density at radius 1 is 1.11 bits per heavy atom. The topological polar surface area (TPSA) is 188 Å². The number of aliphatic hydroxyl groups is 4. The fourth-order valence-corrected chi connectivity index (χ4v) is 7.57. The number of alkyl halides is 2. The van der Waals surface area contributed by atoms with Gasteiger partial charge >= 0.3 is 0 Å². The molecule has 7 N–H and O–H groups in total. The largest absolute Gasteiger partial charge is 0.508 e. The predicted octanol–water partition coefficient (Wildman–Crippen LogP) is 0.793. The number of aromatic hydroxyl groups is 1. The number of aliphatic hydroxyl groups excluding tert-OH is 3. The van der Waals surface area contributed by atoms with Crippen LogP contribution < -0.4 is 10.6 Å². The van der Waals surface area contributed by atoms with Gasteiger partial charge in [-0.05, 0) is 31.6 Å². The van der Waals surface area contributed by atoms with Gasteiger partial charge < -0.3 is 36.2 Å². The average molecular weight is 621 g/mol. The molecule has 0 spiro atoms. The maximum Gasteiger partial charge on any atom is 0.255 e. The summed E-state index contributed by atoms with van der Waals surface area (Å²) in [5, 5.41) is 58.0. The van der Waals surface area contributed by atoms with E-state index in [9.17, 15) is 48.7 Å². The number of primary amides is 1. The molecule has 1 heterocycles. The molecule has 3 aliphatic carbocycles. The van der Waals surface area contributed by atoms with Crippen molar-refractivity contribution < 1.29 is 48.7 Å². The van der Waals surface area contributed by atoms with E-state index in [1.54, 1.807) is 36.9 Å². The molecule has 0 radical (unpaired) electrons. The van der Waals surface area contributed by atoms with E-state index in [2.05, 4.69) is 0 Å². The highest BCUT2D eigenvalue weighted by molar-refractivity contribution is 6.24. The quantitative estimate of drug-likeness (QED) is 0.256. The second kappa shape index (κ2) is 10.5. The van der Waals surface area contributed by atoms with Gasteiger partial charge in [-0.3, -0.25) is 24.2 Å². The zero-order valence-corrected chi connectivity index (χ0v) is 25.1. The van der Waals surface area contributed by atoms with Crippen molar-refractivity contribution in [3.8, 4) is 5.75 Å². The van der Waals surface area contributed by atoms with E-state index in [-0.39, 0.29) is 38.0 Å². The number of ketones is 2. The van der Waals surface area contributed by atoms with Crippen LogP contribution in [0.25, 0.3) is 5.76 Å². The van der Waals surface area contributed by atoms with E-state index in [0.717, 1.165) is 0 Å². The van der Waals surface area contributed by atoms with Crippen molar-refractivity contribution in [3.05, 3.63) is 39.7 Å². The highest BCUT2D eigenvalue weighted by Crippen LogP contribution is 2.58. The number of hydrogen-bond donors (Lipinski definition) is 6. The Balaban J connectivity index is 1.73. The number of phenolic OH excluding ortho intramolecular Hbond substituents is 1. The first-order valence-electron chi connectivity index (χ1n) is 14.4.